The zero-order valence-corrected chi connectivity index (χ0v) is 6.29. The molecule has 1 rings (SSSR count). The Morgan fingerprint density at radius 3 is 2.20 bits per heavy atom. The van der Waals surface area contributed by atoms with E-state index in [4.69, 9.17) is 0 Å². The lowest BCUT2D eigenvalue weighted by Gasteiger charge is -2.20. The third kappa shape index (κ3) is 1.18. The predicted molar refractivity (Wildman–Crippen MR) is 41.2 cm³/mol. The van der Waals surface area contributed by atoms with Crippen molar-refractivity contribution in [2.45, 2.75) is 13.8 Å². The largest absolute Gasteiger partial charge is 0.290 e. The molecule has 0 N–H and O–H groups in total. The number of allylic oxidation sites excluding steroid dienone is 4. The summed E-state index contributed by atoms with van der Waals surface area (Å²) >= 11 is 0. The molecule has 0 aromatic heterocycles. The van der Waals surface area contributed by atoms with Crippen LogP contribution < -0.4 is 0 Å². The molecule has 0 heterocycles. The summed E-state index contributed by atoms with van der Waals surface area (Å²) in [5.41, 5.74) is -0.358. The monoisotopic (exact) mass is 135 g/mol. The van der Waals surface area contributed by atoms with Crippen LogP contribution in [0.25, 0.3) is 0 Å². The standard InChI is InChI=1S/C9H11O/c1-9(2,7-10)8-5-3-4-6-8/h3-6,8H,1-2H3. The van der Waals surface area contributed by atoms with E-state index in [1.165, 1.54) is 0 Å². The molecule has 0 saturated heterocycles. The zero-order valence-electron chi connectivity index (χ0n) is 6.29. The van der Waals surface area contributed by atoms with Gasteiger partial charge in [-0.15, -0.1) is 0 Å². The summed E-state index contributed by atoms with van der Waals surface area (Å²) in [5.74, 6) is 0.241. The highest BCUT2D eigenvalue weighted by molar-refractivity contribution is 5.61. The van der Waals surface area contributed by atoms with E-state index >= 15 is 0 Å². The molecule has 0 amide bonds. The molecule has 1 aliphatic rings. The van der Waals surface area contributed by atoms with Crippen LogP contribution in [0.15, 0.2) is 24.3 Å². The van der Waals surface area contributed by atoms with Gasteiger partial charge in [-0.1, -0.05) is 38.2 Å². The van der Waals surface area contributed by atoms with E-state index in [1.807, 2.05) is 44.4 Å². The highest BCUT2D eigenvalue weighted by Gasteiger charge is 2.26. The first-order valence-electron chi connectivity index (χ1n) is 3.41. The van der Waals surface area contributed by atoms with E-state index in [2.05, 4.69) is 0 Å². The fourth-order valence-corrected chi connectivity index (χ4v) is 0.981. The molecule has 0 saturated carbocycles. The third-order valence-electron chi connectivity index (χ3n) is 1.84. The maximum absolute atomic E-state index is 10.4. The third-order valence-corrected chi connectivity index (χ3v) is 1.84. The number of hydrogen-bond acceptors (Lipinski definition) is 1. The zero-order chi connectivity index (χ0) is 7.61. The first kappa shape index (κ1) is 7.26. The van der Waals surface area contributed by atoms with Crippen molar-refractivity contribution in [1.82, 2.24) is 0 Å². The Balaban J connectivity index is 2.73. The van der Waals surface area contributed by atoms with Gasteiger partial charge in [-0.25, -0.2) is 0 Å². The summed E-state index contributed by atoms with van der Waals surface area (Å²) in [6.07, 6.45) is 9.99. The SMILES string of the molecule is CC(C)([C]=O)C1C=CC=C1. The molecule has 0 fully saturated rings. The minimum atomic E-state index is -0.358. The molecule has 1 radical (unpaired) electrons. The van der Waals surface area contributed by atoms with E-state index in [0.717, 1.165) is 0 Å². The summed E-state index contributed by atoms with van der Waals surface area (Å²) in [4.78, 5) is 10.4. The fraction of sp³-hybridized carbons (Fsp3) is 0.444. The Kier molecular flexibility index (Phi) is 1.75. The van der Waals surface area contributed by atoms with Crippen LogP contribution in [0.5, 0.6) is 0 Å². The van der Waals surface area contributed by atoms with Gasteiger partial charge in [0.25, 0.3) is 0 Å². The minimum Gasteiger partial charge on any atom is -0.290 e. The van der Waals surface area contributed by atoms with Crippen molar-refractivity contribution < 1.29 is 4.79 Å². The average Bonchev–Trinajstić information content (AvgIpc) is 2.38. The van der Waals surface area contributed by atoms with Crippen molar-refractivity contribution in [2.75, 3.05) is 0 Å². The molecule has 10 heavy (non-hydrogen) atoms. The van der Waals surface area contributed by atoms with E-state index < -0.39 is 0 Å². The Bertz CT molecular complexity index is 175. The first-order chi connectivity index (χ1) is 4.67. The highest BCUT2D eigenvalue weighted by Crippen LogP contribution is 2.28. The molecule has 0 aliphatic heterocycles. The lowest BCUT2D eigenvalue weighted by molar-refractivity contribution is 0.401. The van der Waals surface area contributed by atoms with Crippen LogP contribution in [0.3, 0.4) is 0 Å². The van der Waals surface area contributed by atoms with Crippen LogP contribution in [0.4, 0.5) is 0 Å². The van der Waals surface area contributed by atoms with Gasteiger partial charge in [0, 0.05) is 11.3 Å². The van der Waals surface area contributed by atoms with Gasteiger partial charge in [-0.3, -0.25) is 4.79 Å². The lowest BCUT2D eigenvalue weighted by atomic mass is 9.81. The number of carbonyl (C=O) groups excluding carboxylic acids is 1. The van der Waals surface area contributed by atoms with Gasteiger partial charge >= 0.3 is 0 Å². The summed E-state index contributed by atoms with van der Waals surface area (Å²) in [6.45, 7) is 3.79. The molecule has 1 nitrogen and oxygen atoms in total. The minimum absolute atomic E-state index is 0.241. The van der Waals surface area contributed by atoms with Crippen LogP contribution in [-0.4, -0.2) is 6.29 Å². The maximum atomic E-state index is 10.4. The second kappa shape index (κ2) is 2.41. The quantitative estimate of drug-likeness (QED) is 0.565. The second-order valence-electron chi connectivity index (χ2n) is 3.12. The van der Waals surface area contributed by atoms with Crippen LogP contribution in [-0.2, 0) is 4.79 Å². The van der Waals surface area contributed by atoms with Gasteiger partial charge in [0.1, 0.15) is 0 Å². The Hall–Kier alpha value is -0.850. The average molecular weight is 135 g/mol. The Morgan fingerprint density at radius 2 is 1.80 bits per heavy atom. The second-order valence-corrected chi connectivity index (χ2v) is 3.12. The Labute approximate surface area is 61.4 Å². The van der Waals surface area contributed by atoms with Gasteiger partial charge in [-0.2, -0.15) is 0 Å². The molecule has 0 atom stereocenters. The van der Waals surface area contributed by atoms with Crippen molar-refractivity contribution in [2.24, 2.45) is 11.3 Å². The lowest BCUT2D eigenvalue weighted by Crippen LogP contribution is -2.21. The summed E-state index contributed by atoms with van der Waals surface area (Å²) in [7, 11) is 0. The molecule has 0 unspecified atom stereocenters. The van der Waals surface area contributed by atoms with Crippen LogP contribution in [0.2, 0.25) is 0 Å². The van der Waals surface area contributed by atoms with E-state index in [0.29, 0.717) is 0 Å². The Morgan fingerprint density at radius 1 is 1.30 bits per heavy atom. The maximum Gasteiger partial charge on any atom is 0.205 e. The van der Waals surface area contributed by atoms with Gasteiger partial charge in [0.15, 0.2) is 0 Å². The first-order valence-corrected chi connectivity index (χ1v) is 3.41. The number of hydrogen-bond donors (Lipinski definition) is 0. The van der Waals surface area contributed by atoms with Crippen LogP contribution in [0.1, 0.15) is 13.8 Å². The molecule has 0 bridgehead atoms. The van der Waals surface area contributed by atoms with Crippen molar-refractivity contribution in [3.63, 3.8) is 0 Å². The molecule has 0 spiro atoms. The van der Waals surface area contributed by atoms with Crippen molar-refractivity contribution in [1.29, 1.82) is 0 Å². The summed E-state index contributed by atoms with van der Waals surface area (Å²) in [6, 6.07) is 0. The molecular weight excluding hydrogens is 124 g/mol. The van der Waals surface area contributed by atoms with Crippen molar-refractivity contribution in [3.8, 4) is 0 Å². The molecule has 0 aromatic rings. The van der Waals surface area contributed by atoms with Gasteiger partial charge in [0.05, 0.1) is 0 Å². The molecule has 53 valence electrons. The van der Waals surface area contributed by atoms with Gasteiger partial charge in [0.2, 0.25) is 6.29 Å². The van der Waals surface area contributed by atoms with Gasteiger partial charge < -0.3 is 0 Å². The van der Waals surface area contributed by atoms with Crippen molar-refractivity contribution >= 4 is 6.29 Å². The topological polar surface area (TPSA) is 17.1 Å². The van der Waals surface area contributed by atoms with Crippen LogP contribution >= 0.6 is 0 Å². The van der Waals surface area contributed by atoms with E-state index in [9.17, 15) is 4.79 Å². The smallest absolute Gasteiger partial charge is 0.205 e. The molecule has 1 aliphatic carbocycles. The summed E-state index contributed by atoms with van der Waals surface area (Å²) in [5, 5.41) is 0. The predicted octanol–water partition coefficient (Wildman–Crippen LogP) is 1.86. The fourth-order valence-electron chi connectivity index (χ4n) is 0.981. The van der Waals surface area contributed by atoms with E-state index in [-0.39, 0.29) is 11.3 Å². The van der Waals surface area contributed by atoms with Crippen molar-refractivity contribution in [3.05, 3.63) is 24.3 Å². The van der Waals surface area contributed by atoms with Crippen LogP contribution in [0, 0.1) is 11.3 Å². The molecule has 0 aromatic carbocycles. The molecule has 1 heteroatoms. The highest BCUT2D eigenvalue weighted by atomic mass is 16.1. The van der Waals surface area contributed by atoms with Gasteiger partial charge in [-0.05, 0) is 0 Å². The normalized spacial score (nSPS) is 18.2. The van der Waals surface area contributed by atoms with E-state index in [1.54, 1.807) is 0 Å². The number of rotatable bonds is 2. The molecular formula is C9H11O. The summed E-state index contributed by atoms with van der Waals surface area (Å²) < 4.78 is 0.